The average Bonchev–Trinajstić information content (AvgIpc) is 3.12. The summed E-state index contributed by atoms with van der Waals surface area (Å²) in [5.41, 5.74) is 1.24. The molecular formula is C18H16BrF3N2O3S. The molecule has 1 aliphatic heterocycles. The quantitative estimate of drug-likeness (QED) is 0.620. The standard InChI is InChI=1S/C18H16BrF3N2O3S/c1-26-15-7-2-11(19)10-14(15)16-24(8-9-28-16)17(25)23-12-3-5-13(6-4-12)27-18(20,21)22/h2-7,10,16H,8-9H2,1H3,(H,23,25). The number of methoxy groups -OCH3 is 1. The van der Waals surface area contributed by atoms with Crippen molar-refractivity contribution in [1.29, 1.82) is 0 Å². The number of benzene rings is 2. The van der Waals surface area contributed by atoms with Crippen molar-refractivity contribution in [3.63, 3.8) is 0 Å². The Morgan fingerprint density at radius 1 is 1.25 bits per heavy atom. The summed E-state index contributed by atoms with van der Waals surface area (Å²) in [7, 11) is 1.57. The lowest BCUT2D eigenvalue weighted by Gasteiger charge is -2.26. The van der Waals surface area contributed by atoms with E-state index in [0.717, 1.165) is 27.9 Å². The minimum Gasteiger partial charge on any atom is -0.496 e. The van der Waals surface area contributed by atoms with Gasteiger partial charge in [-0.1, -0.05) is 15.9 Å². The molecule has 150 valence electrons. The van der Waals surface area contributed by atoms with Crippen LogP contribution in [0, 0.1) is 0 Å². The maximum Gasteiger partial charge on any atom is 0.573 e. The Balaban J connectivity index is 1.72. The molecule has 1 heterocycles. The number of nitrogens with zero attached hydrogens (tertiary/aromatic N) is 1. The van der Waals surface area contributed by atoms with Crippen LogP contribution in [-0.4, -0.2) is 36.7 Å². The molecule has 2 amide bonds. The number of rotatable bonds is 4. The molecule has 5 nitrogen and oxygen atoms in total. The van der Waals surface area contributed by atoms with Gasteiger partial charge in [0.05, 0.1) is 7.11 Å². The molecule has 10 heteroatoms. The highest BCUT2D eigenvalue weighted by molar-refractivity contribution is 9.10. The maximum atomic E-state index is 12.7. The van der Waals surface area contributed by atoms with Gasteiger partial charge in [-0.05, 0) is 42.5 Å². The van der Waals surface area contributed by atoms with E-state index in [2.05, 4.69) is 26.0 Å². The second-order valence-corrected chi connectivity index (χ2v) is 7.91. The zero-order chi connectivity index (χ0) is 20.3. The van der Waals surface area contributed by atoms with Crippen molar-refractivity contribution in [3.8, 4) is 11.5 Å². The van der Waals surface area contributed by atoms with E-state index in [-0.39, 0.29) is 17.2 Å². The third-order valence-corrected chi connectivity index (χ3v) is 5.68. The van der Waals surface area contributed by atoms with E-state index in [1.54, 1.807) is 23.8 Å². The molecule has 0 aliphatic carbocycles. The first kappa shape index (κ1) is 20.7. The van der Waals surface area contributed by atoms with Crippen LogP contribution in [0.4, 0.5) is 23.7 Å². The predicted octanol–water partition coefficient (Wildman–Crippen LogP) is 5.64. The fourth-order valence-electron chi connectivity index (χ4n) is 2.77. The number of ether oxygens (including phenoxy) is 2. The summed E-state index contributed by atoms with van der Waals surface area (Å²) in [5, 5.41) is 2.47. The molecule has 1 N–H and O–H groups in total. The number of anilines is 1. The Morgan fingerprint density at radius 3 is 2.61 bits per heavy atom. The number of halogens is 4. The molecule has 0 radical (unpaired) electrons. The Labute approximate surface area is 172 Å². The summed E-state index contributed by atoms with van der Waals surface area (Å²) >= 11 is 5.04. The Hall–Kier alpha value is -2.07. The van der Waals surface area contributed by atoms with Gasteiger partial charge >= 0.3 is 12.4 Å². The number of urea groups is 1. The van der Waals surface area contributed by atoms with Gasteiger partial charge in [0, 0.05) is 28.0 Å². The Kier molecular flexibility index (Phi) is 6.29. The van der Waals surface area contributed by atoms with Crippen molar-refractivity contribution < 1.29 is 27.4 Å². The Bertz CT molecular complexity index is 849. The molecule has 1 fully saturated rings. The van der Waals surface area contributed by atoms with E-state index < -0.39 is 6.36 Å². The van der Waals surface area contributed by atoms with Crippen LogP contribution in [0.2, 0.25) is 0 Å². The maximum absolute atomic E-state index is 12.7. The van der Waals surface area contributed by atoms with Crippen LogP contribution in [0.5, 0.6) is 11.5 Å². The van der Waals surface area contributed by atoms with Gasteiger partial charge in [-0.25, -0.2) is 4.79 Å². The molecule has 0 aromatic heterocycles. The number of thioether (sulfide) groups is 1. The topological polar surface area (TPSA) is 50.8 Å². The fourth-order valence-corrected chi connectivity index (χ4v) is 4.42. The van der Waals surface area contributed by atoms with Crippen LogP contribution in [0.25, 0.3) is 0 Å². The zero-order valence-corrected chi connectivity index (χ0v) is 17.0. The van der Waals surface area contributed by atoms with Gasteiger partial charge in [-0.3, -0.25) is 0 Å². The number of carbonyl (C=O) groups excluding carboxylic acids is 1. The molecule has 3 rings (SSSR count). The second kappa shape index (κ2) is 8.52. The molecular weight excluding hydrogens is 461 g/mol. The number of amides is 2. The van der Waals surface area contributed by atoms with Crippen molar-refractivity contribution >= 4 is 39.4 Å². The third kappa shape index (κ3) is 5.05. The first-order valence-electron chi connectivity index (χ1n) is 8.15. The number of nitrogens with one attached hydrogen (secondary N) is 1. The highest BCUT2D eigenvalue weighted by atomic mass is 79.9. The molecule has 2 aromatic rings. The second-order valence-electron chi connectivity index (χ2n) is 5.81. The smallest absolute Gasteiger partial charge is 0.496 e. The molecule has 2 aromatic carbocycles. The van der Waals surface area contributed by atoms with Crippen molar-refractivity contribution in [1.82, 2.24) is 4.90 Å². The lowest BCUT2D eigenvalue weighted by Crippen LogP contribution is -2.34. The van der Waals surface area contributed by atoms with Crippen LogP contribution in [0.1, 0.15) is 10.9 Å². The SMILES string of the molecule is COc1ccc(Br)cc1C1SCCN1C(=O)Nc1ccc(OC(F)(F)F)cc1. The lowest BCUT2D eigenvalue weighted by atomic mass is 10.2. The van der Waals surface area contributed by atoms with Gasteiger partial charge in [-0.15, -0.1) is 24.9 Å². The van der Waals surface area contributed by atoms with Crippen LogP contribution >= 0.6 is 27.7 Å². The summed E-state index contributed by atoms with van der Waals surface area (Å²) in [6, 6.07) is 10.3. The minimum absolute atomic E-state index is 0.236. The summed E-state index contributed by atoms with van der Waals surface area (Å²) in [6.07, 6.45) is -4.76. The number of alkyl halides is 3. The monoisotopic (exact) mass is 476 g/mol. The Morgan fingerprint density at radius 2 is 1.96 bits per heavy atom. The van der Waals surface area contributed by atoms with Crippen molar-refractivity contribution in [2.45, 2.75) is 11.7 Å². The van der Waals surface area contributed by atoms with Gasteiger partial charge < -0.3 is 19.7 Å². The average molecular weight is 477 g/mol. The molecule has 1 unspecified atom stereocenters. The zero-order valence-electron chi connectivity index (χ0n) is 14.6. The number of hydrogen-bond donors (Lipinski definition) is 1. The lowest BCUT2D eigenvalue weighted by molar-refractivity contribution is -0.274. The van der Waals surface area contributed by atoms with E-state index in [4.69, 9.17) is 4.74 Å². The molecule has 1 saturated heterocycles. The van der Waals surface area contributed by atoms with Gasteiger partial charge in [-0.2, -0.15) is 0 Å². The summed E-state index contributed by atoms with van der Waals surface area (Å²) in [6.45, 7) is 0.534. The van der Waals surface area contributed by atoms with Crippen LogP contribution < -0.4 is 14.8 Å². The highest BCUT2D eigenvalue weighted by Gasteiger charge is 2.33. The fraction of sp³-hybridized carbons (Fsp3) is 0.278. The van der Waals surface area contributed by atoms with E-state index in [9.17, 15) is 18.0 Å². The molecule has 1 aliphatic rings. The summed E-state index contributed by atoms with van der Waals surface area (Å²) in [5.74, 6) is 1.08. The molecule has 0 bridgehead atoms. The molecule has 0 saturated carbocycles. The van der Waals surface area contributed by atoms with Crippen LogP contribution in [0.3, 0.4) is 0 Å². The van der Waals surface area contributed by atoms with Gasteiger partial charge in [0.1, 0.15) is 16.9 Å². The predicted molar refractivity (Wildman–Crippen MR) is 105 cm³/mol. The van der Waals surface area contributed by atoms with Gasteiger partial charge in [0.15, 0.2) is 0 Å². The molecule has 28 heavy (non-hydrogen) atoms. The van der Waals surface area contributed by atoms with Gasteiger partial charge in [0.25, 0.3) is 0 Å². The summed E-state index contributed by atoms with van der Waals surface area (Å²) in [4.78, 5) is 14.4. The van der Waals surface area contributed by atoms with E-state index in [0.29, 0.717) is 18.0 Å². The van der Waals surface area contributed by atoms with Crippen molar-refractivity contribution in [2.24, 2.45) is 0 Å². The number of hydrogen-bond acceptors (Lipinski definition) is 4. The molecule has 0 spiro atoms. The van der Waals surface area contributed by atoms with Gasteiger partial charge in [0.2, 0.25) is 0 Å². The number of carbonyl (C=O) groups is 1. The van der Waals surface area contributed by atoms with E-state index >= 15 is 0 Å². The first-order chi connectivity index (χ1) is 13.3. The highest BCUT2D eigenvalue weighted by Crippen LogP contribution is 2.43. The van der Waals surface area contributed by atoms with Crippen molar-refractivity contribution in [2.75, 3.05) is 24.7 Å². The van der Waals surface area contributed by atoms with Crippen LogP contribution in [0.15, 0.2) is 46.9 Å². The third-order valence-electron chi connectivity index (χ3n) is 3.95. The van der Waals surface area contributed by atoms with E-state index in [1.165, 1.54) is 12.1 Å². The summed E-state index contributed by atoms with van der Waals surface area (Å²) < 4.78 is 46.8. The van der Waals surface area contributed by atoms with Crippen LogP contribution in [-0.2, 0) is 0 Å². The van der Waals surface area contributed by atoms with E-state index in [1.807, 2.05) is 18.2 Å². The molecule has 1 atom stereocenters. The van der Waals surface area contributed by atoms with Crippen molar-refractivity contribution in [3.05, 3.63) is 52.5 Å². The first-order valence-corrected chi connectivity index (χ1v) is 9.99. The minimum atomic E-state index is -4.76. The largest absolute Gasteiger partial charge is 0.573 e. The normalized spacial score (nSPS) is 16.8.